The Morgan fingerprint density at radius 2 is 2.28 bits per heavy atom. The van der Waals surface area contributed by atoms with Crippen molar-refractivity contribution in [2.24, 2.45) is 0 Å². The maximum atomic E-state index is 12.4. The Balaban J connectivity index is 2.10. The monoisotopic (exact) mass is 319 g/mol. The van der Waals surface area contributed by atoms with E-state index in [0.29, 0.717) is 18.4 Å². The molecule has 1 heterocycles. The number of nitrogens with zero attached hydrogens (tertiary/aromatic N) is 2. The summed E-state index contributed by atoms with van der Waals surface area (Å²) in [5.74, 6) is 0.617. The minimum Gasteiger partial charge on any atom is -0.354 e. The van der Waals surface area contributed by atoms with E-state index >= 15 is 0 Å². The number of alkyl halides is 2. The van der Waals surface area contributed by atoms with Crippen molar-refractivity contribution in [1.29, 1.82) is 0 Å². The fourth-order valence-electron chi connectivity index (χ4n) is 1.78. The van der Waals surface area contributed by atoms with Crippen LogP contribution in [0.4, 0.5) is 14.6 Å². The van der Waals surface area contributed by atoms with Gasteiger partial charge in [-0.15, -0.1) is 0 Å². The largest absolute Gasteiger partial charge is 0.354 e. The van der Waals surface area contributed by atoms with Crippen molar-refractivity contribution in [3.63, 3.8) is 0 Å². The predicted octanol–water partition coefficient (Wildman–Crippen LogP) is 2.80. The molecule has 0 saturated heterocycles. The lowest BCUT2D eigenvalue weighted by Gasteiger charge is -2.21. The van der Waals surface area contributed by atoms with Crippen LogP contribution in [0.1, 0.15) is 18.4 Å². The molecule has 1 fully saturated rings. The van der Waals surface area contributed by atoms with Crippen molar-refractivity contribution in [2.45, 2.75) is 31.9 Å². The number of hydrogen-bond donors (Lipinski definition) is 1. The SMILES string of the molecule is CN(CC(F)F)c1ncc(Br)cc1CNC1CC1. The summed E-state index contributed by atoms with van der Waals surface area (Å²) >= 11 is 3.36. The van der Waals surface area contributed by atoms with E-state index in [4.69, 9.17) is 0 Å². The normalized spacial score (nSPS) is 15.2. The molecule has 2 rings (SSSR count). The molecule has 0 atom stereocenters. The smallest absolute Gasteiger partial charge is 0.255 e. The summed E-state index contributed by atoms with van der Waals surface area (Å²) in [6.45, 7) is 0.366. The Kier molecular flexibility index (Phi) is 4.50. The minimum absolute atomic E-state index is 0.301. The van der Waals surface area contributed by atoms with Crippen LogP contribution < -0.4 is 10.2 Å². The van der Waals surface area contributed by atoms with Crippen molar-refractivity contribution >= 4 is 21.7 Å². The Bertz CT molecular complexity index is 410. The number of anilines is 1. The van der Waals surface area contributed by atoms with Crippen LogP contribution in [0, 0.1) is 0 Å². The second kappa shape index (κ2) is 5.93. The van der Waals surface area contributed by atoms with Crippen molar-refractivity contribution < 1.29 is 8.78 Å². The number of pyridine rings is 1. The summed E-state index contributed by atoms with van der Waals surface area (Å²) < 4.78 is 25.7. The minimum atomic E-state index is -2.36. The third-order valence-corrected chi connectivity index (χ3v) is 3.28. The highest BCUT2D eigenvalue weighted by Gasteiger charge is 2.21. The van der Waals surface area contributed by atoms with Gasteiger partial charge in [-0.05, 0) is 34.8 Å². The summed E-state index contributed by atoms with van der Waals surface area (Å²) in [6, 6.07) is 2.51. The molecule has 1 N–H and O–H groups in total. The van der Waals surface area contributed by atoms with Gasteiger partial charge in [0.05, 0.1) is 6.54 Å². The van der Waals surface area contributed by atoms with E-state index in [2.05, 4.69) is 26.2 Å². The van der Waals surface area contributed by atoms with Crippen LogP contribution in [-0.2, 0) is 6.54 Å². The van der Waals surface area contributed by atoms with Crippen LogP contribution in [0.2, 0.25) is 0 Å². The van der Waals surface area contributed by atoms with Gasteiger partial charge >= 0.3 is 0 Å². The zero-order valence-electron chi connectivity index (χ0n) is 10.2. The van der Waals surface area contributed by atoms with Gasteiger partial charge in [0.25, 0.3) is 6.43 Å². The molecule has 0 spiro atoms. The van der Waals surface area contributed by atoms with E-state index in [1.54, 1.807) is 13.2 Å². The first-order chi connectivity index (χ1) is 8.56. The topological polar surface area (TPSA) is 28.2 Å². The van der Waals surface area contributed by atoms with Crippen molar-refractivity contribution in [2.75, 3.05) is 18.5 Å². The van der Waals surface area contributed by atoms with Gasteiger partial charge in [-0.2, -0.15) is 0 Å². The molecular weight excluding hydrogens is 304 g/mol. The third kappa shape index (κ3) is 3.88. The van der Waals surface area contributed by atoms with E-state index in [1.165, 1.54) is 17.7 Å². The van der Waals surface area contributed by atoms with Crippen LogP contribution in [0.15, 0.2) is 16.7 Å². The van der Waals surface area contributed by atoms with Crippen LogP contribution in [0.5, 0.6) is 0 Å². The lowest BCUT2D eigenvalue weighted by molar-refractivity contribution is 0.156. The Hall–Kier alpha value is -0.750. The fourth-order valence-corrected chi connectivity index (χ4v) is 2.16. The molecule has 1 aromatic rings. The summed E-state index contributed by atoms with van der Waals surface area (Å²) in [5.41, 5.74) is 0.944. The quantitative estimate of drug-likeness (QED) is 0.874. The highest BCUT2D eigenvalue weighted by atomic mass is 79.9. The third-order valence-electron chi connectivity index (χ3n) is 2.84. The first kappa shape index (κ1) is 13.7. The van der Waals surface area contributed by atoms with Gasteiger partial charge < -0.3 is 10.2 Å². The van der Waals surface area contributed by atoms with E-state index < -0.39 is 6.43 Å². The molecule has 3 nitrogen and oxygen atoms in total. The van der Waals surface area contributed by atoms with E-state index in [1.807, 2.05) is 6.07 Å². The predicted molar refractivity (Wildman–Crippen MR) is 71.1 cm³/mol. The highest BCUT2D eigenvalue weighted by molar-refractivity contribution is 9.10. The molecule has 1 aromatic heterocycles. The Morgan fingerprint density at radius 1 is 1.56 bits per heavy atom. The molecule has 0 bridgehead atoms. The molecule has 0 amide bonds. The van der Waals surface area contributed by atoms with E-state index in [-0.39, 0.29) is 6.54 Å². The van der Waals surface area contributed by atoms with Crippen molar-refractivity contribution in [1.82, 2.24) is 10.3 Å². The van der Waals surface area contributed by atoms with Gasteiger partial charge in [-0.1, -0.05) is 0 Å². The summed E-state index contributed by atoms with van der Waals surface area (Å²) in [6.07, 6.45) is 1.68. The number of halogens is 3. The molecule has 18 heavy (non-hydrogen) atoms. The van der Waals surface area contributed by atoms with Gasteiger partial charge in [0, 0.05) is 35.9 Å². The van der Waals surface area contributed by atoms with E-state index in [9.17, 15) is 8.78 Å². The zero-order chi connectivity index (χ0) is 13.1. The molecule has 6 heteroatoms. The molecule has 1 aliphatic carbocycles. The summed E-state index contributed by atoms with van der Waals surface area (Å²) in [7, 11) is 1.64. The molecule has 1 saturated carbocycles. The molecule has 0 aliphatic heterocycles. The Labute approximate surface area is 114 Å². The fraction of sp³-hybridized carbons (Fsp3) is 0.583. The number of aromatic nitrogens is 1. The van der Waals surface area contributed by atoms with Gasteiger partial charge in [0.2, 0.25) is 0 Å². The van der Waals surface area contributed by atoms with E-state index in [0.717, 1.165) is 10.0 Å². The standard InChI is InChI=1S/C12H16BrF2N3/c1-18(7-11(14)15)12-8(4-9(13)6-17-12)5-16-10-2-3-10/h4,6,10-11,16H,2-3,5,7H2,1H3. The number of rotatable bonds is 6. The summed E-state index contributed by atoms with van der Waals surface area (Å²) in [5, 5.41) is 3.37. The maximum Gasteiger partial charge on any atom is 0.255 e. The second-order valence-electron chi connectivity index (χ2n) is 4.56. The van der Waals surface area contributed by atoms with Crippen molar-refractivity contribution in [3.05, 3.63) is 22.3 Å². The van der Waals surface area contributed by atoms with Crippen molar-refractivity contribution in [3.8, 4) is 0 Å². The van der Waals surface area contributed by atoms with Crippen LogP contribution in [0.3, 0.4) is 0 Å². The summed E-state index contributed by atoms with van der Waals surface area (Å²) in [4.78, 5) is 5.74. The Morgan fingerprint density at radius 3 is 2.89 bits per heavy atom. The molecule has 0 aromatic carbocycles. The maximum absolute atomic E-state index is 12.4. The first-order valence-corrected chi connectivity index (χ1v) is 6.72. The molecular formula is C12H16BrF2N3. The van der Waals surface area contributed by atoms with Gasteiger partial charge in [-0.25, -0.2) is 13.8 Å². The lowest BCUT2D eigenvalue weighted by atomic mass is 10.2. The van der Waals surface area contributed by atoms with Crippen LogP contribution in [0.25, 0.3) is 0 Å². The lowest BCUT2D eigenvalue weighted by Crippen LogP contribution is -2.27. The number of hydrogen-bond acceptors (Lipinski definition) is 3. The number of nitrogens with one attached hydrogen (secondary N) is 1. The molecule has 100 valence electrons. The average molecular weight is 320 g/mol. The molecule has 1 aliphatic rings. The molecule has 0 unspecified atom stereocenters. The van der Waals surface area contributed by atoms with Gasteiger partial charge in [-0.3, -0.25) is 0 Å². The second-order valence-corrected chi connectivity index (χ2v) is 5.48. The zero-order valence-corrected chi connectivity index (χ0v) is 11.8. The van der Waals surface area contributed by atoms with Crippen LogP contribution >= 0.6 is 15.9 Å². The molecule has 0 radical (unpaired) electrons. The van der Waals surface area contributed by atoms with Gasteiger partial charge in [0.15, 0.2) is 0 Å². The average Bonchev–Trinajstić information content (AvgIpc) is 3.09. The van der Waals surface area contributed by atoms with Crippen LogP contribution in [-0.4, -0.2) is 31.0 Å². The van der Waals surface area contributed by atoms with Gasteiger partial charge in [0.1, 0.15) is 5.82 Å². The first-order valence-electron chi connectivity index (χ1n) is 5.93. The highest BCUT2D eigenvalue weighted by Crippen LogP contribution is 2.24.